The van der Waals surface area contributed by atoms with Crippen molar-refractivity contribution >= 4 is 22.9 Å². The maximum Gasteiger partial charge on any atom is 0.154 e. The predicted octanol–water partition coefficient (Wildman–Crippen LogP) is 2.50. The van der Waals surface area contributed by atoms with Crippen molar-refractivity contribution in [2.24, 2.45) is 0 Å². The minimum absolute atomic E-state index is 0.0242. The zero-order chi connectivity index (χ0) is 17.9. The second kappa shape index (κ2) is 7.51. The van der Waals surface area contributed by atoms with Gasteiger partial charge in [-0.15, -0.1) is 0 Å². The number of nitrogens with one attached hydrogen (secondary N) is 2. The molecule has 4 rings (SSSR count). The number of phenols is 1. The van der Waals surface area contributed by atoms with Crippen LogP contribution in [0.2, 0.25) is 0 Å². The fraction of sp³-hybridized carbons (Fsp3) is 0.450. The summed E-state index contributed by atoms with van der Waals surface area (Å²) in [5.41, 5.74) is 4.78. The van der Waals surface area contributed by atoms with Gasteiger partial charge < -0.3 is 20.1 Å². The number of aromatic hydroxyl groups is 1. The lowest BCUT2D eigenvalue weighted by Crippen LogP contribution is -2.40. The number of H-pyrrole nitrogens is 1. The minimum atomic E-state index is 0.0242. The van der Waals surface area contributed by atoms with E-state index in [1.807, 2.05) is 12.1 Å². The van der Waals surface area contributed by atoms with Gasteiger partial charge in [-0.2, -0.15) is 0 Å². The van der Waals surface area contributed by atoms with Gasteiger partial charge in [0.15, 0.2) is 6.29 Å². The van der Waals surface area contributed by atoms with Crippen LogP contribution < -0.4 is 5.32 Å². The van der Waals surface area contributed by atoms with E-state index < -0.39 is 0 Å². The van der Waals surface area contributed by atoms with E-state index in [1.54, 1.807) is 6.07 Å². The van der Waals surface area contributed by atoms with Crippen molar-refractivity contribution in [2.75, 3.05) is 39.4 Å². The third-order valence-electron chi connectivity index (χ3n) is 5.35. The fourth-order valence-corrected chi connectivity index (χ4v) is 3.65. The number of carbonyl (C=O) groups excluding carboxylic acids is 1. The van der Waals surface area contributed by atoms with Crippen LogP contribution in [-0.2, 0) is 4.74 Å². The predicted molar refractivity (Wildman–Crippen MR) is 101 cm³/mol. The minimum Gasteiger partial charge on any atom is -0.507 e. The van der Waals surface area contributed by atoms with Crippen LogP contribution in [0.15, 0.2) is 23.8 Å². The zero-order valence-corrected chi connectivity index (χ0v) is 14.9. The first-order valence-electron chi connectivity index (χ1n) is 9.32. The molecule has 2 heterocycles. The molecule has 2 aliphatic rings. The number of benzene rings is 1. The summed E-state index contributed by atoms with van der Waals surface area (Å²) in [7, 11) is 0. The molecule has 1 aromatic carbocycles. The molecule has 0 amide bonds. The SMILES string of the molecule is O=Cc1c(O)ccc2[nH]c(C(NCCN3CCOCC3)=C3CCC3)cc12. The summed E-state index contributed by atoms with van der Waals surface area (Å²) in [5.74, 6) is 0.0242. The molecule has 1 saturated heterocycles. The van der Waals surface area contributed by atoms with Crippen LogP contribution in [-0.4, -0.2) is 60.7 Å². The number of hydrogen-bond donors (Lipinski definition) is 3. The number of nitrogens with zero attached hydrogens (tertiary/aromatic N) is 1. The molecule has 6 nitrogen and oxygen atoms in total. The monoisotopic (exact) mass is 355 g/mol. The Kier molecular flexibility index (Phi) is 4.95. The smallest absolute Gasteiger partial charge is 0.154 e. The molecule has 2 aromatic rings. The van der Waals surface area contributed by atoms with Crippen molar-refractivity contribution in [3.8, 4) is 5.75 Å². The van der Waals surface area contributed by atoms with Crippen LogP contribution in [0, 0.1) is 0 Å². The highest BCUT2D eigenvalue weighted by molar-refractivity contribution is 6.01. The highest BCUT2D eigenvalue weighted by Crippen LogP contribution is 2.34. The third kappa shape index (κ3) is 3.34. The molecule has 0 radical (unpaired) electrons. The largest absolute Gasteiger partial charge is 0.507 e. The Morgan fingerprint density at radius 3 is 2.81 bits per heavy atom. The topological polar surface area (TPSA) is 77.6 Å². The lowest BCUT2D eigenvalue weighted by molar-refractivity contribution is 0.0388. The summed E-state index contributed by atoms with van der Waals surface area (Å²) >= 11 is 0. The van der Waals surface area contributed by atoms with Crippen molar-refractivity contribution in [2.45, 2.75) is 19.3 Å². The van der Waals surface area contributed by atoms with Crippen molar-refractivity contribution in [3.05, 3.63) is 35.0 Å². The molecule has 0 spiro atoms. The molecule has 0 unspecified atom stereocenters. The number of aromatic amines is 1. The number of aldehydes is 1. The first kappa shape index (κ1) is 17.1. The number of aromatic nitrogens is 1. The van der Waals surface area contributed by atoms with Gasteiger partial charge >= 0.3 is 0 Å². The highest BCUT2D eigenvalue weighted by Gasteiger charge is 2.19. The lowest BCUT2D eigenvalue weighted by Gasteiger charge is -2.28. The van der Waals surface area contributed by atoms with E-state index in [1.165, 1.54) is 12.0 Å². The van der Waals surface area contributed by atoms with E-state index >= 15 is 0 Å². The molecule has 0 atom stereocenters. The summed E-state index contributed by atoms with van der Waals surface area (Å²) in [6.07, 6.45) is 4.17. The summed E-state index contributed by atoms with van der Waals surface area (Å²) in [5, 5.41) is 14.3. The molecule has 2 fully saturated rings. The van der Waals surface area contributed by atoms with Crippen LogP contribution >= 0.6 is 0 Å². The first-order chi connectivity index (χ1) is 12.8. The van der Waals surface area contributed by atoms with E-state index in [2.05, 4.69) is 15.2 Å². The second-order valence-electron chi connectivity index (χ2n) is 6.97. The molecular weight excluding hydrogens is 330 g/mol. The third-order valence-corrected chi connectivity index (χ3v) is 5.35. The molecule has 1 aliphatic heterocycles. The van der Waals surface area contributed by atoms with E-state index in [-0.39, 0.29) is 5.75 Å². The average molecular weight is 355 g/mol. The normalized spacial score (nSPS) is 17.9. The summed E-state index contributed by atoms with van der Waals surface area (Å²) in [6.45, 7) is 5.46. The Balaban J connectivity index is 1.55. The average Bonchev–Trinajstić information content (AvgIpc) is 3.04. The van der Waals surface area contributed by atoms with Crippen molar-refractivity contribution < 1.29 is 14.6 Å². The van der Waals surface area contributed by atoms with E-state index in [0.29, 0.717) is 5.56 Å². The number of phenolic OH excluding ortho intramolecular Hbond substituents is 1. The van der Waals surface area contributed by atoms with Gasteiger partial charge in [0.25, 0.3) is 0 Å². The maximum atomic E-state index is 11.4. The Morgan fingerprint density at radius 1 is 1.31 bits per heavy atom. The van der Waals surface area contributed by atoms with Gasteiger partial charge in [0.2, 0.25) is 0 Å². The van der Waals surface area contributed by atoms with Gasteiger partial charge in [-0.1, -0.05) is 0 Å². The number of ether oxygens (including phenoxy) is 1. The number of rotatable bonds is 6. The van der Waals surface area contributed by atoms with E-state index in [9.17, 15) is 9.90 Å². The summed E-state index contributed by atoms with van der Waals surface area (Å²) < 4.78 is 5.40. The van der Waals surface area contributed by atoms with Gasteiger partial charge in [-0.3, -0.25) is 9.69 Å². The first-order valence-corrected chi connectivity index (χ1v) is 9.32. The fourth-order valence-electron chi connectivity index (χ4n) is 3.65. The molecule has 3 N–H and O–H groups in total. The van der Waals surface area contributed by atoms with Crippen LogP contribution in [0.3, 0.4) is 0 Å². The number of hydrogen-bond acceptors (Lipinski definition) is 5. The maximum absolute atomic E-state index is 11.4. The quantitative estimate of drug-likeness (QED) is 0.694. The molecule has 138 valence electrons. The van der Waals surface area contributed by atoms with Gasteiger partial charge in [-0.25, -0.2) is 0 Å². The van der Waals surface area contributed by atoms with Gasteiger partial charge in [0.05, 0.1) is 30.2 Å². The highest BCUT2D eigenvalue weighted by atomic mass is 16.5. The molecule has 1 aliphatic carbocycles. The van der Waals surface area contributed by atoms with Crippen molar-refractivity contribution in [3.63, 3.8) is 0 Å². The van der Waals surface area contributed by atoms with Crippen LogP contribution in [0.1, 0.15) is 35.3 Å². The molecule has 1 aromatic heterocycles. The molecule has 6 heteroatoms. The number of allylic oxidation sites excluding steroid dienone is 1. The van der Waals surface area contributed by atoms with Crippen molar-refractivity contribution in [1.29, 1.82) is 0 Å². The molecule has 0 bridgehead atoms. The Morgan fingerprint density at radius 2 is 2.12 bits per heavy atom. The Bertz CT molecular complexity index is 828. The second-order valence-corrected chi connectivity index (χ2v) is 6.97. The number of carbonyl (C=O) groups is 1. The number of morpholine rings is 1. The van der Waals surface area contributed by atoms with Gasteiger partial charge in [-0.05, 0) is 43.0 Å². The zero-order valence-electron chi connectivity index (χ0n) is 14.9. The Hall–Kier alpha value is -2.31. The molecular formula is C20H25N3O3. The molecule has 1 saturated carbocycles. The van der Waals surface area contributed by atoms with Crippen LogP contribution in [0.4, 0.5) is 0 Å². The van der Waals surface area contributed by atoms with Gasteiger partial charge in [0.1, 0.15) is 5.75 Å². The Labute approximate surface area is 152 Å². The summed E-state index contributed by atoms with van der Waals surface area (Å²) in [6, 6.07) is 5.35. The lowest BCUT2D eigenvalue weighted by atomic mass is 9.89. The van der Waals surface area contributed by atoms with Gasteiger partial charge in [0, 0.05) is 37.1 Å². The standard InChI is InChI=1S/C20H25N3O3/c24-13-16-15-12-18(22-17(15)4-5-19(16)25)20(14-2-1-3-14)21-6-7-23-8-10-26-11-9-23/h4-5,12-13,21-22,25H,1-3,6-11H2. The van der Waals surface area contributed by atoms with Crippen molar-refractivity contribution in [1.82, 2.24) is 15.2 Å². The van der Waals surface area contributed by atoms with Crippen LogP contribution in [0.5, 0.6) is 5.75 Å². The summed E-state index contributed by atoms with van der Waals surface area (Å²) in [4.78, 5) is 17.2. The number of fused-ring (bicyclic) bond motifs is 1. The van der Waals surface area contributed by atoms with E-state index in [0.717, 1.165) is 80.8 Å². The van der Waals surface area contributed by atoms with Crippen LogP contribution in [0.25, 0.3) is 16.6 Å². The molecule has 26 heavy (non-hydrogen) atoms. The van der Waals surface area contributed by atoms with E-state index in [4.69, 9.17) is 4.74 Å².